The first-order chi connectivity index (χ1) is 27.2. The van der Waals surface area contributed by atoms with Gasteiger partial charge in [0, 0.05) is 34.6 Å². The van der Waals surface area contributed by atoms with Crippen LogP contribution in [0.15, 0.2) is 205 Å². The van der Waals surface area contributed by atoms with Gasteiger partial charge in [0.1, 0.15) is 11.3 Å². The van der Waals surface area contributed by atoms with E-state index in [9.17, 15) is 0 Å². The molecule has 4 atom stereocenters. The van der Waals surface area contributed by atoms with Gasteiger partial charge in [0.2, 0.25) is 0 Å². The van der Waals surface area contributed by atoms with Gasteiger partial charge in [-0.25, -0.2) is 0 Å². The SMILES string of the molecule is C1=CC2C(c3cc(-c4ccccc4)cc(-c4ccc5ccccc5c4)c3)=CC=C(c3ccc4oc5c(c4c3)C3C=CC=CC3C(c3ccccc3)=C5)C2C=C1. The maximum Gasteiger partial charge on any atom is 0.135 e. The highest BCUT2D eigenvalue weighted by Crippen LogP contribution is 2.51. The van der Waals surface area contributed by atoms with Crippen molar-refractivity contribution in [1.82, 2.24) is 0 Å². The van der Waals surface area contributed by atoms with Crippen molar-refractivity contribution in [3.05, 3.63) is 228 Å². The average molecular weight is 703 g/mol. The Morgan fingerprint density at radius 3 is 1.65 bits per heavy atom. The molecule has 0 radical (unpaired) electrons. The van der Waals surface area contributed by atoms with E-state index in [1.165, 1.54) is 77.4 Å². The molecule has 0 amide bonds. The summed E-state index contributed by atoms with van der Waals surface area (Å²) in [5, 5.41) is 3.73. The van der Waals surface area contributed by atoms with Crippen LogP contribution in [-0.2, 0) is 0 Å². The number of rotatable bonds is 5. The Labute approximate surface area is 322 Å². The first-order valence-corrected chi connectivity index (χ1v) is 19.4. The van der Waals surface area contributed by atoms with Gasteiger partial charge in [-0.05, 0) is 109 Å². The van der Waals surface area contributed by atoms with Crippen LogP contribution in [0.5, 0.6) is 0 Å². The maximum atomic E-state index is 6.64. The second-order valence-electron chi connectivity index (χ2n) is 15.2. The summed E-state index contributed by atoms with van der Waals surface area (Å²) in [5.41, 5.74) is 14.9. The van der Waals surface area contributed by atoms with E-state index in [-0.39, 0.29) is 23.7 Å². The van der Waals surface area contributed by atoms with Gasteiger partial charge >= 0.3 is 0 Å². The van der Waals surface area contributed by atoms with Gasteiger partial charge in [-0.2, -0.15) is 0 Å². The number of benzene rings is 6. The third-order valence-electron chi connectivity index (χ3n) is 12.1. The molecule has 0 fully saturated rings. The molecule has 55 heavy (non-hydrogen) atoms. The molecule has 4 aliphatic rings. The number of furan rings is 1. The Balaban J connectivity index is 1.03. The van der Waals surface area contributed by atoms with E-state index in [1.807, 2.05) is 0 Å². The van der Waals surface area contributed by atoms with E-state index in [4.69, 9.17) is 4.42 Å². The molecule has 11 rings (SSSR count). The van der Waals surface area contributed by atoms with Crippen LogP contribution in [-0.4, -0.2) is 0 Å². The van der Waals surface area contributed by atoms with Gasteiger partial charge in [-0.1, -0.05) is 164 Å². The van der Waals surface area contributed by atoms with Crippen LogP contribution in [0.1, 0.15) is 33.9 Å². The lowest BCUT2D eigenvalue weighted by molar-refractivity contribution is 0.581. The van der Waals surface area contributed by atoms with Crippen LogP contribution >= 0.6 is 0 Å². The van der Waals surface area contributed by atoms with E-state index in [1.54, 1.807) is 0 Å². The Bertz CT molecular complexity index is 2870. The number of hydrogen-bond donors (Lipinski definition) is 0. The molecular weight excluding hydrogens is 665 g/mol. The minimum atomic E-state index is 0.210. The van der Waals surface area contributed by atoms with Crippen molar-refractivity contribution < 1.29 is 4.42 Å². The standard InChI is InChI=1S/C54H38O/c1-3-13-35(14-4-1)41-30-42(39-24-23-36-15-7-8-18-38(36)29-39)32-43(31-41)45-27-26-44(46-19-9-10-20-47(45)46)40-25-28-52-51(33-40)54-49-22-12-11-21-48(49)50(34-53(54)55-52)37-16-5-2-6-17-37/h1-34,46-49H. The molecule has 0 spiro atoms. The second kappa shape index (κ2) is 13.0. The van der Waals surface area contributed by atoms with Gasteiger partial charge in [-0.15, -0.1) is 0 Å². The Hall–Kier alpha value is -6.70. The van der Waals surface area contributed by atoms with Gasteiger partial charge < -0.3 is 4.42 Å². The van der Waals surface area contributed by atoms with Crippen LogP contribution in [0, 0.1) is 17.8 Å². The molecule has 1 aromatic heterocycles. The van der Waals surface area contributed by atoms with E-state index in [0.29, 0.717) is 0 Å². The summed E-state index contributed by atoms with van der Waals surface area (Å²) in [6.07, 6.45) is 25.4. The summed E-state index contributed by atoms with van der Waals surface area (Å²) in [7, 11) is 0. The fraction of sp³-hybridized carbons (Fsp3) is 0.0741. The summed E-state index contributed by atoms with van der Waals surface area (Å²) in [5.74, 6) is 1.89. The van der Waals surface area contributed by atoms with Gasteiger partial charge in [0.05, 0.1) is 0 Å². The topological polar surface area (TPSA) is 13.1 Å². The quantitative estimate of drug-likeness (QED) is 0.174. The van der Waals surface area contributed by atoms with E-state index < -0.39 is 0 Å². The Kier molecular flexibility index (Phi) is 7.52. The molecule has 7 aromatic rings. The summed E-state index contributed by atoms with van der Waals surface area (Å²) in [4.78, 5) is 0. The Morgan fingerprint density at radius 2 is 0.927 bits per heavy atom. The zero-order valence-electron chi connectivity index (χ0n) is 30.3. The van der Waals surface area contributed by atoms with Crippen LogP contribution < -0.4 is 0 Å². The summed E-state index contributed by atoms with van der Waals surface area (Å²) < 4.78 is 6.64. The molecule has 1 nitrogen and oxygen atoms in total. The fourth-order valence-electron chi connectivity index (χ4n) is 9.40. The van der Waals surface area contributed by atoms with Crippen molar-refractivity contribution in [2.45, 2.75) is 5.92 Å². The van der Waals surface area contributed by atoms with Gasteiger partial charge in [0.15, 0.2) is 0 Å². The summed E-state index contributed by atoms with van der Waals surface area (Å²) >= 11 is 0. The lowest BCUT2D eigenvalue weighted by Gasteiger charge is -2.33. The minimum absolute atomic E-state index is 0.210. The van der Waals surface area contributed by atoms with E-state index in [0.717, 1.165) is 11.3 Å². The van der Waals surface area contributed by atoms with Crippen LogP contribution in [0.4, 0.5) is 0 Å². The zero-order valence-corrected chi connectivity index (χ0v) is 30.3. The molecule has 0 N–H and O–H groups in total. The third-order valence-corrected chi connectivity index (χ3v) is 12.1. The summed E-state index contributed by atoms with van der Waals surface area (Å²) in [6.45, 7) is 0. The molecule has 0 aliphatic heterocycles. The molecule has 0 saturated heterocycles. The van der Waals surface area contributed by atoms with Crippen molar-refractivity contribution in [3.63, 3.8) is 0 Å². The molecule has 0 saturated carbocycles. The largest absolute Gasteiger partial charge is 0.456 e. The lowest BCUT2D eigenvalue weighted by Crippen LogP contribution is -2.19. The van der Waals surface area contributed by atoms with Crippen molar-refractivity contribution in [2.75, 3.05) is 0 Å². The molecular formula is C54H38O. The minimum Gasteiger partial charge on any atom is -0.456 e. The van der Waals surface area contributed by atoms with Crippen molar-refractivity contribution in [1.29, 1.82) is 0 Å². The molecule has 260 valence electrons. The average Bonchev–Trinajstić information content (AvgIpc) is 3.64. The van der Waals surface area contributed by atoms with E-state index >= 15 is 0 Å². The van der Waals surface area contributed by atoms with Crippen molar-refractivity contribution >= 4 is 44.5 Å². The van der Waals surface area contributed by atoms with Gasteiger partial charge in [0.25, 0.3) is 0 Å². The number of allylic oxidation sites excluding steroid dienone is 13. The highest BCUT2D eigenvalue weighted by molar-refractivity contribution is 5.97. The molecule has 1 heterocycles. The predicted octanol–water partition coefficient (Wildman–Crippen LogP) is 14.1. The molecule has 4 aliphatic carbocycles. The maximum absolute atomic E-state index is 6.64. The highest BCUT2D eigenvalue weighted by atomic mass is 16.3. The molecule has 4 unspecified atom stereocenters. The number of fused-ring (bicyclic) bond motifs is 7. The smallest absolute Gasteiger partial charge is 0.135 e. The van der Waals surface area contributed by atoms with Crippen molar-refractivity contribution in [2.24, 2.45) is 17.8 Å². The third kappa shape index (κ3) is 5.46. The molecule has 1 heteroatoms. The molecule has 0 bridgehead atoms. The zero-order chi connectivity index (χ0) is 36.3. The van der Waals surface area contributed by atoms with Crippen LogP contribution in [0.3, 0.4) is 0 Å². The number of hydrogen-bond acceptors (Lipinski definition) is 1. The normalized spacial score (nSPS) is 20.8. The van der Waals surface area contributed by atoms with Gasteiger partial charge in [-0.3, -0.25) is 0 Å². The highest BCUT2D eigenvalue weighted by Gasteiger charge is 2.35. The summed E-state index contributed by atoms with van der Waals surface area (Å²) in [6, 6.07) is 51.0. The fourth-order valence-corrected chi connectivity index (χ4v) is 9.40. The lowest BCUT2D eigenvalue weighted by atomic mass is 9.70. The molecule has 6 aromatic carbocycles. The first-order valence-electron chi connectivity index (χ1n) is 19.4. The predicted molar refractivity (Wildman–Crippen MR) is 231 cm³/mol. The monoisotopic (exact) mass is 702 g/mol. The second-order valence-corrected chi connectivity index (χ2v) is 15.2. The van der Waals surface area contributed by atoms with Crippen molar-refractivity contribution in [3.8, 4) is 22.3 Å². The Morgan fingerprint density at radius 1 is 0.364 bits per heavy atom. The first kappa shape index (κ1) is 31.8. The van der Waals surface area contributed by atoms with E-state index in [2.05, 4.69) is 206 Å². The van der Waals surface area contributed by atoms with Crippen LogP contribution in [0.25, 0.3) is 66.8 Å². The van der Waals surface area contributed by atoms with Crippen LogP contribution in [0.2, 0.25) is 0 Å².